The van der Waals surface area contributed by atoms with E-state index in [4.69, 9.17) is 0 Å². The molecule has 0 saturated carbocycles. The van der Waals surface area contributed by atoms with Gasteiger partial charge in [-0.2, -0.15) is 0 Å². The number of pyridine rings is 1. The molecule has 1 aliphatic heterocycles. The molecule has 0 radical (unpaired) electrons. The van der Waals surface area contributed by atoms with E-state index in [2.05, 4.69) is 34.1 Å². The molecule has 6 heteroatoms. The first kappa shape index (κ1) is 21.9. The summed E-state index contributed by atoms with van der Waals surface area (Å²) < 4.78 is 37.9. The number of aromatic nitrogens is 1. The Kier molecular flexibility index (Phi) is 6.68. The van der Waals surface area contributed by atoms with Gasteiger partial charge in [-0.15, -0.1) is 0 Å². The molecule has 164 valence electrons. The van der Waals surface area contributed by atoms with Crippen LogP contribution < -0.4 is 0 Å². The maximum absolute atomic E-state index is 13.8. The Morgan fingerprint density at radius 1 is 1.13 bits per heavy atom. The molecule has 2 heterocycles. The Morgan fingerprint density at radius 3 is 2.84 bits per heavy atom. The lowest BCUT2D eigenvalue weighted by Gasteiger charge is -2.33. The predicted octanol–water partition coefficient (Wildman–Crippen LogP) is 5.01. The van der Waals surface area contributed by atoms with Crippen molar-refractivity contribution in [3.05, 3.63) is 71.8 Å². The van der Waals surface area contributed by atoms with Crippen LogP contribution in [-0.4, -0.2) is 37.6 Å². The highest BCUT2D eigenvalue weighted by Gasteiger charge is 2.22. The number of hydrogen-bond donors (Lipinski definition) is 0. The van der Waals surface area contributed by atoms with E-state index in [0.717, 1.165) is 38.8 Å². The minimum Gasteiger partial charge on any atom is -0.299 e. The van der Waals surface area contributed by atoms with E-state index in [1.165, 1.54) is 47.2 Å². The molecule has 3 aromatic rings. The molecule has 1 aliphatic rings. The highest BCUT2D eigenvalue weighted by Crippen LogP contribution is 2.26. The van der Waals surface area contributed by atoms with Gasteiger partial charge < -0.3 is 0 Å². The summed E-state index contributed by atoms with van der Waals surface area (Å²) >= 11 is 0. The summed E-state index contributed by atoms with van der Waals surface area (Å²) in [5.74, 6) is 0.204. The molecule has 1 atom stereocenters. The Bertz CT molecular complexity index is 1160. The van der Waals surface area contributed by atoms with Crippen molar-refractivity contribution in [2.75, 3.05) is 19.3 Å². The van der Waals surface area contributed by atoms with E-state index in [-0.39, 0.29) is 10.7 Å². The van der Waals surface area contributed by atoms with Crippen LogP contribution in [-0.2, 0) is 22.8 Å². The number of fused-ring (bicyclic) bond motifs is 1. The fourth-order valence-corrected chi connectivity index (χ4v) is 5.60. The van der Waals surface area contributed by atoms with Gasteiger partial charge in [-0.1, -0.05) is 18.2 Å². The highest BCUT2D eigenvalue weighted by atomic mass is 32.2. The number of likely N-dealkylation sites (tertiary alicyclic amines) is 1. The van der Waals surface area contributed by atoms with Crippen molar-refractivity contribution in [2.45, 2.75) is 43.5 Å². The van der Waals surface area contributed by atoms with Crippen LogP contribution in [0.25, 0.3) is 10.8 Å². The average Bonchev–Trinajstić information content (AvgIpc) is 2.73. The molecule has 0 bridgehead atoms. The molecule has 1 aromatic heterocycles. The summed E-state index contributed by atoms with van der Waals surface area (Å²) in [6.45, 7) is 2.34. The molecule has 1 saturated heterocycles. The number of aryl methyl sites for hydroxylation is 1. The van der Waals surface area contributed by atoms with Gasteiger partial charge >= 0.3 is 0 Å². The van der Waals surface area contributed by atoms with Crippen molar-refractivity contribution in [1.29, 1.82) is 0 Å². The van der Waals surface area contributed by atoms with Crippen molar-refractivity contribution in [1.82, 2.24) is 9.88 Å². The second-order valence-corrected chi connectivity index (χ2v) is 10.7. The lowest BCUT2D eigenvalue weighted by atomic mass is 9.91. The van der Waals surface area contributed by atoms with Crippen LogP contribution in [0.1, 0.15) is 36.8 Å². The van der Waals surface area contributed by atoms with E-state index >= 15 is 0 Å². The van der Waals surface area contributed by atoms with Gasteiger partial charge in [-0.3, -0.25) is 9.88 Å². The van der Waals surface area contributed by atoms with Crippen LogP contribution in [0.2, 0.25) is 0 Å². The van der Waals surface area contributed by atoms with Gasteiger partial charge in [0.2, 0.25) is 0 Å². The molecule has 0 amide bonds. The molecule has 0 aliphatic carbocycles. The molecule has 0 unspecified atom stereocenters. The predicted molar refractivity (Wildman–Crippen MR) is 122 cm³/mol. The van der Waals surface area contributed by atoms with Crippen molar-refractivity contribution in [2.24, 2.45) is 5.92 Å². The Balaban J connectivity index is 1.34. The number of hydrogen-bond acceptors (Lipinski definition) is 4. The first-order valence-corrected chi connectivity index (χ1v) is 12.8. The fourth-order valence-electron chi connectivity index (χ4n) is 4.69. The first-order valence-electron chi connectivity index (χ1n) is 10.9. The highest BCUT2D eigenvalue weighted by molar-refractivity contribution is 7.90. The lowest BCUT2D eigenvalue weighted by Crippen LogP contribution is -2.35. The molecule has 0 N–H and O–H groups in total. The van der Waals surface area contributed by atoms with Crippen LogP contribution in [0.4, 0.5) is 4.39 Å². The summed E-state index contributed by atoms with van der Waals surface area (Å²) in [7, 11) is -3.37. The summed E-state index contributed by atoms with van der Waals surface area (Å²) in [5, 5.41) is 2.40. The molecule has 31 heavy (non-hydrogen) atoms. The third-order valence-electron chi connectivity index (χ3n) is 6.20. The number of halogens is 1. The molecule has 4 nitrogen and oxygen atoms in total. The largest absolute Gasteiger partial charge is 0.299 e. The fraction of sp³-hybridized carbons (Fsp3) is 0.400. The van der Waals surface area contributed by atoms with Gasteiger partial charge in [-0.25, -0.2) is 12.8 Å². The van der Waals surface area contributed by atoms with E-state index in [1.807, 2.05) is 12.4 Å². The van der Waals surface area contributed by atoms with Gasteiger partial charge in [0.15, 0.2) is 9.84 Å². The van der Waals surface area contributed by atoms with Crippen molar-refractivity contribution < 1.29 is 12.8 Å². The number of piperidine rings is 1. The Morgan fingerprint density at radius 2 is 2.00 bits per heavy atom. The van der Waals surface area contributed by atoms with E-state index in [1.54, 1.807) is 0 Å². The lowest BCUT2D eigenvalue weighted by molar-refractivity contribution is 0.159. The van der Waals surface area contributed by atoms with Crippen molar-refractivity contribution in [3.8, 4) is 0 Å². The Hall–Kier alpha value is -2.31. The summed E-state index contributed by atoms with van der Waals surface area (Å²) in [6, 6.07) is 12.6. The van der Waals surface area contributed by atoms with Gasteiger partial charge in [0.25, 0.3) is 0 Å². The summed E-state index contributed by atoms with van der Waals surface area (Å²) in [4.78, 5) is 6.68. The van der Waals surface area contributed by atoms with Gasteiger partial charge in [0, 0.05) is 37.1 Å². The molecular formula is C25H29FN2O2S. The number of rotatable bonds is 7. The maximum atomic E-state index is 13.8. The average molecular weight is 441 g/mol. The second-order valence-electron chi connectivity index (χ2n) is 8.72. The summed E-state index contributed by atoms with van der Waals surface area (Å²) in [5.41, 5.74) is 1.91. The smallest absolute Gasteiger partial charge is 0.175 e. The SMILES string of the molecule is CS(=O)(=O)c1ccc(F)cc1CN1CCC[C@@H](CCCc2ccc3cnccc3c2)C1. The van der Waals surface area contributed by atoms with E-state index in [0.29, 0.717) is 18.0 Å². The third-order valence-corrected chi connectivity index (χ3v) is 7.40. The minimum atomic E-state index is -3.37. The molecule has 1 fully saturated rings. The van der Waals surface area contributed by atoms with Crippen LogP contribution >= 0.6 is 0 Å². The van der Waals surface area contributed by atoms with Gasteiger partial charge in [0.1, 0.15) is 5.82 Å². The molecule has 2 aromatic carbocycles. The molecule has 4 rings (SSSR count). The van der Waals surface area contributed by atoms with Crippen LogP contribution in [0, 0.1) is 11.7 Å². The third kappa shape index (κ3) is 5.69. The standard InChI is InChI=1S/C25H29FN2O2S/c1-31(29,30)25-10-9-24(26)15-23(25)18-28-13-3-6-20(17-28)5-2-4-19-7-8-22-16-27-12-11-21(22)14-19/h7-12,14-16,20H,2-6,13,17-18H2,1H3/t20-/m1/s1. The van der Waals surface area contributed by atoms with Gasteiger partial charge in [0.05, 0.1) is 4.90 Å². The first-order chi connectivity index (χ1) is 14.9. The zero-order valence-corrected chi connectivity index (χ0v) is 18.7. The summed E-state index contributed by atoms with van der Waals surface area (Å²) in [6.07, 6.45) is 10.5. The zero-order valence-electron chi connectivity index (χ0n) is 17.9. The topological polar surface area (TPSA) is 50.3 Å². The van der Waals surface area contributed by atoms with Crippen LogP contribution in [0.5, 0.6) is 0 Å². The number of benzene rings is 2. The molecule has 0 spiro atoms. The van der Waals surface area contributed by atoms with Gasteiger partial charge in [-0.05, 0) is 85.3 Å². The van der Waals surface area contributed by atoms with Crippen molar-refractivity contribution in [3.63, 3.8) is 0 Å². The van der Waals surface area contributed by atoms with E-state index < -0.39 is 9.84 Å². The van der Waals surface area contributed by atoms with E-state index in [9.17, 15) is 12.8 Å². The maximum Gasteiger partial charge on any atom is 0.175 e. The van der Waals surface area contributed by atoms with Crippen molar-refractivity contribution >= 4 is 20.6 Å². The number of sulfone groups is 1. The zero-order chi connectivity index (χ0) is 21.8. The molecular weight excluding hydrogens is 411 g/mol. The van der Waals surface area contributed by atoms with Crippen LogP contribution in [0.3, 0.4) is 0 Å². The quantitative estimate of drug-likeness (QED) is 0.485. The monoisotopic (exact) mass is 440 g/mol. The second kappa shape index (κ2) is 9.45. The number of nitrogens with zero attached hydrogens (tertiary/aromatic N) is 2. The Labute approximate surface area is 184 Å². The minimum absolute atomic E-state index is 0.238. The normalized spacial score (nSPS) is 17.8. The van der Waals surface area contributed by atoms with Crippen LogP contribution in [0.15, 0.2) is 59.8 Å².